The summed E-state index contributed by atoms with van der Waals surface area (Å²) in [5, 5.41) is 9.13. The van der Waals surface area contributed by atoms with Crippen LogP contribution in [0.15, 0.2) is 29.3 Å². The number of aliphatic imine (C=N–C) groups is 1. The second kappa shape index (κ2) is 13.9. The van der Waals surface area contributed by atoms with Crippen molar-refractivity contribution in [2.75, 3.05) is 33.9 Å². The van der Waals surface area contributed by atoms with Gasteiger partial charge in [-0.15, -0.1) is 24.0 Å². The lowest BCUT2D eigenvalue weighted by Crippen LogP contribution is -2.37. The van der Waals surface area contributed by atoms with Crippen LogP contribution in [0.25, 0.3) is 0 Å². The van der Waals surface area contributed by atoms with Crippen molar-refractivity contribution >= 4 is 35.8 Å². The van der Waals surface area contributed by atoms with Crippen LogP contribution in [0.5, 0.6) is 0 Å². The number of nitrogens with one attached hydrogen (secondary N) is 3. The van der Waals surface area contributed by atoms with Gasteiger partial charge in [-0.1, -0.05) is 26.0 Å². The third-order valence-corrected chi connectivity index (χ3v) is 3.34. The Kier molecular flexibility index (Phi) is 13.1. The fourth-order valence-corrected chi connectivity index (χ4v) is 2.02. The van der Waals surface area contributed by atoms with Crippen LogP contribution in [0.4, 0.5) is 0 Å². The summed E-state index contributed by atoms with van der Waals surface area (Å²) >= 11 is 0. The minimum Gasteiger partial charge on any atom is -0.381 e. The van der Waals surface area contributed by atoms with E-state index in [0.29, 0.717) is 18.0 Å². The first kappa shape index (κ1) is 23.6. The van der Waals surface area contributed by atoms with Gasteiger partial charge in [0.15, 0.2) is 5.96 Å². The Labute approximate surface area is 168 Å². The van der Waals surface area contributed by atoms with Gasteiger partial charge in [0.05, 0.1) is 0 Å². The first-order chi connectivity index (χ1) is 11.6. The van der Waals surface area contributed by atoms with Gasteiger partial charge in [-0.25, -0.2) is 0 Å². The van der Waals surface area contributed by atoms with Gasteiger partial charge in [-0.3, -0.25) is 9.79 Å². The molecule has 0 fully saturated rings. The number of amides is 1. The topological polar surface area (TPSA) is 74.8 Å². The summed E-state index contributed by atoms with van der Waals surface area (Å²) in [6, 6.07) is 7.51. The molecule has 0 bridgehead atoms. The molecule has 0 aliphatic carbocycles. The van der Waals surface area contributed by atoms with Crippen molar-refractivity contribution in [1.82, 2.24) is 16.0 Å². The fourth-order valence-electron chi connectivity index (χ4n) is 2.02. The Morgan fingerprint density at radius 3 is 2.44 bits per heavy atom. The Morgan fingerprint density at radius 1 is 1.20 bits per heavy atom. The molecular weight excluding hydrogens is 431 g/mol. The number of benzene rings is 1. The van der Waals surface area contributed by atoms with Gasteiger partial charge in [0.1, 0.15) is 0 Å². The highest BCUT2D eigenvalue weighted by atomic mass is 127. The minimum absolute atomic E-state index is 0. The molecule has 25 heavy (non-hydrogen) atoms. The van der Waals surface area contributed by atoms with Gasteiger partial charge in [-0.2, -0.15) is 0 Å². The van der Waals surface area contributed by atoms with Crippen molar-refractivity contribution in [3.8, 4) is 0 Å². The Morgan fingerprint density at radius 2 is 1.88 bits per heavy atom. The SMILES string of the molecule is CN=C(NCCCOCC(C)C)NCc1ccc(C(=O)NC)cc1.I. The zero-order chi connectivity index (χ0) is 17.8. The molecule has 3 N–H and O–H groups in total. The van der Waals surface area contributed by atoms with E-state index >= 15 is 0 Å². The van der Waals surface area contributed by atoms with Crippen LogP contribution in [-0.4, -0.2) is 45.7 Å². The van der Waals surface area contributed by atoms with Crippen molar-refractivity contribution in [3.63, 3.8) is 0 Å². The summed E-state index contributed by atoms with van der Waals surface area (Å²) in [5.74, 6) is 1.25. The van der Waals surface area contributed by atoms with E-state index in [-0.39, 0.29) is 29.9 Å². The molecule has 0 aliphatic heterocycles. The highest BCUT2D eigenvalue weighted by molar-refractivity contribution is 14.0. The molecule has 1 aromatic carbocycles. The highest BCUT2D eigenvalue weighted by Crippen LogP contribution is 2.04. The van der Waals surface area contributed by atoms with E-state index in [1.807, 2.05) is 24.3 Å². The Hall–Kier alpha value is -1.35. The largest absolute Gasteiger partial charge is 0.381 e. The zero-order valence-corrected chi connectivity index (χ0v) is 17.9. The van der Waals surface area contributed by atoms with Crippen molar-refractivity contribution in [2.45, 2.75) is 26.8 Å². The summed E-state index contributed by atoms with van der Waals surface area (Å²) in [5.41, 5.74) is 1.75. The average Bonchev–Trinajstić information content (AvgIpc) is 2.60. The number of carbonyl (C=O) groups is 1. The molecule has 0 spiro atoms. The summed E-state index contributed by atoms with van der Waals surface area (Å²) in [4.78, 5) is 15.7. The van der Waals surface area contributed by atoms with E-state index in [2.05, 4.69) is 34.8 Å². The molecule has 0 radical (unpaired) electrons. The van der Waals surface area contributed by atoms with Crippen LogP contribution >= 0.6 is 24.0 Å². The maximum Gasteiger partial charge on any atom is 0.251 e. The number of guanidine groups is 1. The summed E-state index contributed by atoms with van der Waals surface area (Å²) in [7, 11) is 3.38. The molecule has 0 saturated carbocycles. The first-order valence-electron chi connectivity index (χ1n) is 8.40. The van der Waals surface area contributed by atoms with Crippen LogP contribution in [-0.2, 0) is 11.3 Å². The average molecular weight is 462 g/mol. The molecule has 0 aromatic heterocycles. The van der Waals surface area contributed by atoms with E-state index in [9.17, 15) is 4.79 Å². The number of halogens is 1. The lowest BCUT2D eigenvalue weighted by molar-refractivity contribution is 0.0963. The quantitative estimate of drug-likeness (QED) is 0.228. The standard InChI is InChI=1S/C18H30N4O2.HI/c1-14(2)13-24-11-5-10-21-18(20-4)22-12-15-6-8-16(9-7-15)17(23)19-3;/h6-9,14H,5,10-13H2,1-4H3,(H,19,23)(H2,20,21,22);1H. The van der Waals surface area contributed by atoms with Crippen LogP contribution in [0.3, 0.4) is 0 Å². The second-order valence-corrected chi connectivity index (χ2v) is 5.95. The van der Waals surface area contributed by atoms with Crippen molar-refractivity contribution in [2.24, 2.45) is 10.9 Å². The Balaban J connectivity index is 0.00000576. The fraction of sp³-hybridized carbons (Fsp3) is 0.556. The molecule has 1 rings (SSSR count). The maximum absolute atomic E-state index is 11.5. The molecule has 6 nitrogen and oxygen atoms in total. The monoisotopic (exact) mass is 462 g/mol. The second-order valence-electron chi connectivity index (χ2n) is 5.95. The van der Waals surface area contributed by atoms with Gasteiger partial charge >= 0.3 is 0 Å². The molecule has 0 unspecified atom stereocenters. The first-order valence-corrected chi connectivity index (χ1v) is 8.40. The van der Waals surface area contributed by atoms with E-state index in [1.54, 1.807) is 14.1 Å². The van der Waals surface area contributed by atoms with Crippen LogP contribution in [0.2, 0.25) is 0 Å². The van der Waals surface area contributed by atoms with Crippen LogP contribution in [0.1, 0.15) is 36.2 Å². The third-order valence-electron chi connectivity index (χ3n) is 3.34. The van der Waals surface area contributed by atoms with Crippen molar-refractivity contribution < 1.29 is 9.53 Å². The molecule has 142 valence electrons. The highest BCUT2D eigenvalue weighted by Gasteiger charge is 2.03. The van der Waals surface area contributed by atoms with E-state index < -0.39 is 0 Å². The van der Waals surface area contributed by atoms with Crippen LogP contribution < -0.4 is 16.0 Å². The van der Waals surface area contributed by atoms with Gasteiger partial charge in [0, 0.05) is 46.0 Å². The molecule has 1 aromatic rings. The number of ether oxygens (including phenoxy) is 1. The molecule has 7 heteroatoms. The summed E-state index contributed by atoms with van der Waals surface area (Å²) < 4.78 is 5.55. The van der Waals surface area contributed by atoms with Gasteiger partial charge < -0.3 is 20.7 Å². The number of nitrogens with zero attached hydrogens (tertiary/aromatic N) is 1. The molecule has 0 atom stereocenters. The van der Waals surface area contributed by atoms with E-state index in [4.69, 9.17) is 4.74 Å². The Bertz CT molecular complexity index is 518. The third kappa shape index (κ3) is 10.3. The molecule has 0 aliphatic rings. The van der Waals surface area contributed by atoms with Gasteiger partial charge in [0.2, 0.25) is 0 Å². The summed E-state index contributed by atoms with van der Waals surface area (Å²) in [6.07, 6.45) is 0.939. The number of carbonyl (C=O) groups excluding carboxylic acids is 1. The van der Waals surface area contributed by atoms with E-state index in [0.717, 1.165) is 37.7 Å². The van der Waals surface area contributed by atoms with E-state index in [1.165, 1.54) is 0 Å². The predicted octanol–water partition coefficient (Wildman–Crippen LogP) is 2.39. The zero-order valence-electron chi connectivity index (χ0n) is 15.6. The molecule has 1 amide bonds. The molecular formula is C18H31IN4O2. The molecule has 0 heterocycles. The van der Waals surface area contributed by atoms with Crippen LogP contribution in [0, 0.1) is 5.92 Å². The number of hydrogen-bond acceptors (Lipinski definition) is 3. The van der Waals surface area contributed by atoms with Crippen molar-refractivity contribution in [1.29, 1.82) is 0 Å². The van der Waals surface area contributed by atoms with Crippen molar-refractivity contribution in [3.05, 3.63) is 35.4 Å². The van der Waals surface area contributed by atoms with Gasteiger partial charge in [0.25, 0.3) is 5.91 Å². The lowest BCUT2D eigenvalue weighted by Gasteiger charge is -2.12. The summed E-state index contributed by atoms with van der Waals surface area (Å²) in [6.45, 7) is 7.31. The number of rotatable bonds is 9. The minimum atomic E-state index is -0.0772. The normalized spacial score (nSPS) is 11.0. The van der Waals surface area contributed by atoms with Gasteiger partial charge in [-0.05, 0) is 30.0 Å². The number of hydrogen-bond donors (Lipinski definition) is 3. The maximum atomic E-state index is 11.5. The smallest absolute Gasteiger partial charge is 0.251 e. The molecule has 0 saturated heterocycles. The predicted molar refractivity (Wildman–Crippen MR) is 114 cm³/mol. The lowest BCUT2D eigenvalue weighted by atomic mass is 10.1.